The standard InChI is InChI=1S/C25H32N2O5/c1-26(17-19-11-12-22(30-2)16-23(19)31-3)25(29)20-8-7-14-27(18-20)24(28)13-15-32-21-9-5-4-6-10-21/h4-6,9-12,16,20H,7-8,13-15,17-18H2,1-3H3. The first-order chi connectivity index (χ1) is 15.5. The van der Waals surface area contributed by atoms with E-state index in [1.165, 1.54) is 0 Å². The topological polar surface area (TPSA) is 68.3 Å². The molecule has 0 spiro atoms. The maximum Gasteiger partial charge on any atom is 0.227 e. The Morgan fingerprint density at radius 3 is 2.56 bits per heavy atom. The van der Waals surface area contributed by atoms with Crippen LogP contribution in [-0.2, 0) is 16.1 Å². The van der Waals surface area contributed by atoms with Gasteiger partial charge in [0.05, 0.1) is 33.2 Å². The zero-order chi connectivity index (χ0) is 22.9. The average Bonchev–Trinajstić information content (AvgIpc) is 2.84. The Morgan fingerprint density at radius 1 is 1.06 bits per heavy atom. The molecule has 0 radical (unpaired) electrons. The van der Waals surface area contributed by atoms with Crippen LogP contribution in [0.15, 0.2) is 48.5 Å². The lowest BCUT2D eigenvalue weighted by atomic mass is 9.96. The average molecular weight is 441 g/mol. The van der Waals surface area contributed by atoms with Crippen LogP contribution in [0.25, 0.3) is 0 Å². The lowest BCUT2D eigenvalue weighted by Crippen LogP contribution is -2.46. The second kappa shape index (κ2) is 11.4. The van der Waals surface area contributed by atoms with Crippen molar-refractivity contribution in [2.45, 2.75) is 25.8 Å². The van der Waals surface area contributed by atoms with Gasteiger partial charge in [0.2, 0.25) is 11.8 Å². The summed E-state index contributed by atoms with van der Waals surface area (Å²) in [5, 5.41) is 0. The first-order valence-electron chi connectivity index (χ1n) is 10.9. The van der Waals surface area contributed by atoms with Crippen molar-refractivity contribution in [1.82, 2.24) is 9.80 Å². The van der Waals surface area contributed by atoms with Crippen molar-refractivity contribution < 1.29 is 23.8 Å². The van der Waals surface area contributed by atoms with Gasteiger partial charge < -0.3 is 24.0 Å². The first-order valence-corrected chi connectivity index (χ1v) is 10.9. The third-order valence-electron chi connectivity index (χ3n) is 5.73. The lowest BCUT2D eigenvalue weighted by molar-refractivity contribution is -0.140. The van der Waals surface area contributed by atoms with Crippen LogP contribution in [0.3, 0.4) is 0 Å². The van der Waals surface area contributed by atoms with Gasteiger partial charge in [-0.1, -0.05) is 18.2 Å². The number of hydrogen-bond donors (Lipinski definition) is 0. The maximum absolute atomic E-state index is 13.1. The largest absolute Gasteiger partial charge is 0.497 e. The Balaban J connectivity index is 1.52. The SMILES string of the molecule is COc1ccc(CN(C)C(=O)C2CCCN(C(=O)CCOc3ccccc3)C2)c(OC)c1. The number of piperidine rings is 1. The molecule has 1 atom stereocenters. The summed E-state index contributed by atoms with van der Waals surface area (Å²) in [7, 11) is 5.00. The number of hydrogen-bond acceptors (Lipinski definition) is 5. The van der Waals surface area contributed by atoms with Crippen molar-refractivity contribution in [3.05, 3.63) is 54.1 Å². The minimum absolute atomic E-state index is 0.0258. The summed E-state index contributed by atoms with van der Waals surface area (Å²) in [5.74, 6) is 2.01. The Bertz CT molecular complexity index is 902. The second-order valence-corrected chi connectivity index (χ2v) is 7.96. The number of likely N-dealkylation sites (tertiary alicyclic amines) is 1. The zero-order valence-corrected chi connectivity index (χ0v) is 19.1. The molecule has 0 N–H and O–H groups in total. The van der Waals surface area contributed by atoms with Crippen molar-refractivity contribution in [1.29, 1.82) is 0 Å². The molecule has 7 heteroatoms. The van der Waals surface area contributed by atoms with E-state index in [4.69, 9.17) is 14.2 Å². The molecule has 0 aromatic heterocycles. The monoisotopic (exact) mass is 440 g/mol. The van der Waals surface area contributed by atoms with Crippen molar-refractivity contribution in [3.8, 4) is 17.2 Å². The van der Waals surface area contributed by atoms with Crippen LogP contribution in [0.1, 0.15) is 24.8 Å². The van der Waals surface area contributed by atoms with Crippen LogP contribution in [0.2, 0.25) is 0 Å². The minimum Gasteiger partial charge on any atom is -0.497 e. The number of para-hydroxylation sites is 1. The molecule has 1 saturated heterocycles. The fourth-order valence-corrected chi connectivity index (χ4v) is 3.96. The van der Waals surface area contributed by atoms with E-state index in [0.717, 1.165) is 24.2 Å². The Morgan fingerprint density at radius 2 is 1.84 bits per heavy atom. The van der Waals surface area contributed by atoms with E-state index in [1.807, 2.05) is 48.5 Å². The Kier molecular flexibility index (Phi) is 8.36. The maximum atomic E-state index is 13.1. The zero-order valence-electron chi connectivity index (χ0n) is 19.1. The number of ether oxygens (including phenoxy) is 3. The minimum atomic E-state index is -0.197. The van der Waals surface area contributed by atoms with Crippen molar-refractivity contribution in [2.24, 2.45) is 5.92 Å². The first kappa shape index (κ1) is 23.4. The van der Waals surface area contributed by atoms with E-state index < -0.39 is 0 Å². The van der Waals surface area contributed by atoms with E-state index >= 15 is 0 Å². The molecule has 0 aliphatic carbocycles. The summed E-state index contributed by atoms with van der Waals surface area (Å²) in [6, 6.07) is 15.0. The third kappa shape index (κ3) is 6.15. The highest BCUT2D eigenvalue weighted by molar-refractivity contribution is 5.81. The quantitative estimate of drug-likeness (QED) is 0.598. The lowest BCUT2D eigenvalue weighted by Gasteiger charge is -2.34. The molecule has 2 aromatic carbocycles. The molecule has 3 rings (SSSR count). The number of nitrogens with zero attached hydrogens (tertiary/aromatic N) is 2. The van der Waals surface area contributed by atoms with Crippen LogP contribution in [0.5, 0.6) is 17.2 Å². The predicted octanol–water partition coefficient (Wildman–Crippen LogP) is 3.37. The van der Waals surface area contributed by atoms with Crippen LogP contribution in [0.4, 0.5) is 0 Å². The number of carbonyl (C=O) groups excluding carboxylic acids is 2. The number of methoxy groups -OCH3 is 2. The second-order valence-electron chi connectivity index (χ2n) is 7.96. The smallest absolute Gasteiger partial charge is 0.227 e. The van der Waals surface area contributed by atoms with Gasteiger partial charge in [-0.15, -0.1) is 0 Å². The van der Waals surface area contributed by atoms with Gasteiger partial charge in [0.25, 0.3) is 0 Å². The summed E-state index contributed by atoms with van der Waals surface area (Å²) in [6.07, 6.45) is 1.91. The molecule has 1 fully saturated rings. The summed E-state index contributed by atoms with van der Waals surface area (Å²) in [5.41, 5.74) is 0.908. The summed E-state index contributed by atoms with van der Waals surface area (Å²) in [4.78, 5) is 29.2. The van der Waals surface area contributed by atoms with Crippen molar-refractivity contribution in [3.63, 3.8) is 0 Å². The molecule has 1 aliphatic heterocycles. The highest BCUT2D eigenvalue weighted by Gasteiger charge is 2.30. The molecule has 7 nitrogen and oxygen atoms in total. The molecule has 1 unspecified atom stereocenters. The molecule has 0 saturated carbocycles. The fraction of sp³-hybridized carbons (Fsp3) is 0.440. The van der Waals surface area contributed by atoms with Gasteiger partial charge in [-0.05, 0) is 37.1 Å². The molecule has 0 bridgehead atoms. The normalized spacial score (nSPS) is 15.7. The predicted molar refractivity (Wildman–Crippen MR) is 122 cm³/mol. The van der Waals surface area contributed by atoms with Crippen LogP contribution in [0, 0.1) is 5.92 Å². The molecular weight excluding hydrogens is 408 g/mol. The Hall–Kier alpha value is -3.22. The highest BCUT2D eigenvalue weighted by Crippen LogP contribution is 2.27. The molecule has 1 aliphatic rings. The summed E-state index contributed by atoms with van der Waals surface area (Å²) in [6.45, 7) is 1.90. The third-order valence-corrected chi connectivity index (χ3v) is 5.73. The van der Waals surface area contributed by atoms with E-state index in [0.29, 0.717) is 44.2 Å². The number of carbonyl (C=O) groups is 2. The molecule has 32 heavy (non-hydrogen) atoms. The van der Waals surface area contributed by atoms with Crippen LogP contribution in [-0.4, -0.2) is 62.6 Å². The van der Waals surface area contributed by atoms with E-state index in [-0.39, 0.29) is 17.7 Å². The summed E-state index contributed by atoms with van der Waals surface area (Å²) >= 11 is 0. The van der Waals surface area contributed by atoms with Crippen LogP contribution < -0.4 is 14.2 Å². The molecule has 172 valence electrons. The van der Waals surface area contributed by atoms with E-state index in [9.17, 15) is 9.59 Å². The van der Waals surface area contributed by atoms with Gasteiger partial charge in [0.1, 0.15) is 17.2 Å². The number of amides is 2. The molecular formula is C25H32N2O5. The highest BCUT2D eigenvalue weighted by atomic mass is 16.5. The van der Waals surface area contributed by atoms with Crippen LogP contribution >= 0.6 is 0 Å². The van der Waals surface area contributed by atoms with Gasteiger partial charge in [0.15, 0.2) is 0 Å². The fourth-order valence-electron chi connectivity index (χ4n) is 3.96. The van der Waals surface area contributed by atoms with Gasteiger partial charge in [-0.3, -0.25) is 9.59 Å². The van der Waals surface area contributed by atoms with Crippen molar-refractivity contribution in [2.75, 3.05) is 41.0 Å². The van der Waals surface area contributed by atoms with Gasteiger partial charge in [-0.25, -0.2) is 0 Å². The van der Waals surface area contributed by atoms with Gasteiger partial charge in [0, 0.05) is 38.3 Å². The van der Waals surface area contributed by atoms with Gasteiger partial charge >= 0.3 is 0 Å². The molecule has 1 heterocycles. The number of benzene rings is 2. The van der Waals surface area contributed by atoms with E-state index in [2.05, 4.69) is 0 Å². The van der Waals surface area contributed by atoms with Gasteiger partial charge in [-0.2, -0.15) is 0 Å². The van der Waals surface area contributed by atoms with Crippen molar-refractivity contribution >= 4 is 11.8 Å². The molecule has 2 amide bonds. The Labute approximate surface area is 189 Å². The summed E-state index contributed by atoms with van der Waals surface area (Å²) < 4.78 is 16.3. The molecule has 2 aromatic rings. The van der Waals surface area contributed by atoms with E-state index in [1.54, 1.807) is 31.1 Å². The number of rotatable bonds is 9.